The molecule has 31 heavy (non-hydrogen) atoms. The number of hydrogen-bond donors (Lipinski definition) is 2. The number of nitrogens with two attached hydrogens (primary N) is 1. The molecule has 7 nitrogen and oxygen atoms in total. The summed E-state index contributed by atoms with van der Waals surface area (Å²) in [5, 5.41) is 13.8. The monoisotopic (exact) mass is 414 g/mol. The molecule has 2 aromatic heterocycles. The summed E-state index contributed by atoms with van der Waals surface area (Å²) in [5.74, 6) is -0.174. The number of pyridine rings is 1. The number of hydrogen-bond acceptors (Lipinski definition) is 6. The van der Waals surface area contributed by atoms with Gasteiger partial charge in [0.15, 0.2) is 0 Å². The van der Waals surface area contributed by atoms with Crippen LogP contribution < -0.4 is 16.6 Å². The molecule has 1 atom stereocenters. The van der Waals surface area contributed by atoms with Crippen molar-refractivity contribution in [1.82, 2.24) is 14.5 Å². The molecule has 0 saturated carbocycles. The predicted octanol–water partition coefficient (Wildman–Crippen LogP) is 3.86. The van der Waals surface area contributed by atoms with Crippen molar-refractivity contribution < 1.29 is 4.39 Å². The van der Waals surface area contributed by atoms with E-state index in [0.717, 1.165) is 10.9 Å². The van der Waals surface area contributed by atoms with Gasteiger partial charge in [-0.3, -0.25) is 9.36 Å². The number of nitrogens with one attached hydrogen (secondary N) is 1. The molecular weight excluding hydrogens is 395 g/mol. The van der Waals surface area contributed by atoms with E-state index in [-0.39, 0.29) is 22.9 Å². The lowest BCUT2D eigenvalue weighted by Gasteiger charge is -2.22. The largest absolute Gasteiger partial charge is 0.368 e. The van der Waals surface area contributed by atoms with E-state index in [1.807, 2.05) is 44.2 Å². The van der Waals surface area contributed by atoms with Crippen LogP contribution in [0.25, 0.3) is 16.5 Å². The molecule has 0 aliphatic carbocycles. The molecule has 0 aliphatic heterocycles. The van der Waals surface area contributed by atoms with Crippen LogP contribution in [0.5, 0.6) is 0 Å². The Bertz CT molecular complexity index is 1410. The van der Waals surface area contributed by atoms with E-state index in [2.05, 4.69) is 15.3 Å². The standard InChI is InChI=1S/C23H19FN6O/c1-13-5-3-6-15-9-19(14(2)28-21-16(11-25)12-27-23(26)29-21)30(22(31)20(13)15)18-8-4-7-17(24)10-18/h3-10,12,14H,1-2H3,(H3,26,27,28,29)/t14-/m0/s1. The van der Waals surface area contributed by atoms with Crippen LogP contribution in [0, 0.1) is 24.1 Å². The van der Waals surface area contributed by atoms with Crippen LogP contribution in [0.1, 0.15) is 29.8 Å². The first-order chi connectivity index (χ1) is 14.9. The van der Waals surface area contributed by atoms with Gasteiger partial charge >= 0.3 is 0 Å². The van der Waals surface area contributed by atoms with E-state index in [0.29, 0.717) is 16.8 Å². The maximum atomic E-state index is 14.0. The molecule has 2 heterocycles. The summed E-state index contributed by atoms with van der Waals surface area (Å²) in [6, 6.07) is 14.9. The van der Waals surface area contributed by atoms with Crippen LogP contribution >= 0.6 is 0 Å². The highest BCUT2D eigenvalue weighted by Crippen LogP contribution is 2.26. The summed E-state index contributed by atoms with van der Waals surface area (Å²) in [6.07, 6.45) is 1.33. The Hall–Kier alpha value is -4.25. The van der Waals surface area contributed by atoms with Crippen molar-refractivity contribution in [1.29, 1.82) is 5.26 Å². The Morgan fingerprint density at radius 3 is 2.74 bits per heavy atom. The molecule has 0 fully saturated rings. The fraction of sp³-hybridized carbons (Fsp3) is 0.130. The van der Waals surface area contributed by atoms with Crippen LogP contribution in [0.4, 0.5) is 16.2 Å². The molecule has 8 heteroatoms. The van der Waals surface area contributed by atoms with Gasteiger partial charge in [-0.15, -0.1) is 0 Å². The molecule has 0 aliphatic rings. The Morgan fingerprint density at radius 1 is 1.23 bits per heavy atom. The zero-order chi connectivity index (χ0) is 22.1. The van der Waals surface area contributed by atoms with Gasteiger partial charge in [-0.05, 0) is 49.1 Å². The van der Waals surface area contributed by atoms with Gasteiger partial charge in [0, 0.05) is 5.69 Å². The highest BCUT2D eigenvalue weighted by molar-refractivity contribution is 5.85. The highest BCUT2D eigenvalue weighted by Gasteiger charge is 2.19. The lowest BCUT2D eigenvalue weighted by Crippen LogP contribution is -2.26. The normalized spacial score (nSPS) is 11.8. The molecule has 154 valence electrons. The Balaban J connectivity index is 1.95. The lowest BCUT2D eigenvalue weighted by molar-refractivity contribution is 0.625. The first-order valence-electron chi connectivity index (χ1n) is 9.59. The summed E-state index contributed by atoms with van der Waals surface area (Å²) < 4.78 is 15.5. The molecular formula is C23H19FN6O. The van der Waals surface area contributed by atoms with Gasteiger partial charge in [0.1, 0.15) is 23.3 Å². The topological polar surface area (TPSA) is 110 Å². The van der Waals surface area contributed by atoms with Gasteiger partial charge in [-0.1, -0.05) is 24.3 Å². The van der Waals surface area contributed by atoms with E-state index in [1.165, 1.54) is 22.9 Å². The Morgan fingerprint density at radius 2 is 2.00 bits per heavy atom. The fourth-order valence-corrected chi connectivity index (χ4v) is 3.62. The molecule has 4 rings (SSSR count). The molecule has 0 bridgehead atoms. The number of nitrogens with zero attached hydrogens (tertiary/aromatic N) is 4. The van der Waals surface area contributed by atoms with Crippen molar-refractivity contribution in [3.05, 3.63) is 87.7 Å². The number of rotatable bonds is 4. The van der Waals surface area contributed by atoms with Gasteiger partial charge < -0.3 is 11.1 Å². The zero-order valence-corrected chi connectivity index (χ0v) is 16.9. The van der Waals surface area contributed by atoms with E-state index in [1.54, 1.807) is 12.1 Å². The molecule has 3 N–H and O–H groups in total. The van der Waals surface area contributed by atoms with Gasteiger partial charge in [-0.2, -0.15) is 10.2 Å². The predicted molar refractivity (Wildman–Crippen MR) is 117 cm³/mol. The van der Waals surface area contributed by atoms with E-state index >= 15 is 0 Å². The summed E-state index contributed by atoms with van der Waals surface area (Å²) in [4.78, 5) is 21.5. The fourth-order valence-electron chi connectivity index (χ4n) is 3.62. The smallest absolute Gasteiger partial charge is 0.263 e. The third-order valence-corrected chi connectivity index (χ3v) is 5.07. The van der Waals surface area contributed by atoms with Crippen molar-refractivity contribution in [2.24, 2.45) is 0 Å². The number of benzene rings is 2. The SMILES string of the molecule is Cc1cccc2cc([C@H](C)Nc3nc(N)ncc3C#N)n(-c3cccc(F)c3)c(=O)c12. The minimum atomic E-state index is -0.470. The average molecular weight is 414 g/mol. The van der Waals surface area contributed by atoms with Crippen LogP contribution in [0.2, 0.25) is 0 Å². The second-order valence-corrected chi connectivity index (χ2v) is 7.20. The highest BCUT2D eigenvalue weighted by atomic mass is 19.1. The minimum absolute atomic E-state index is 0.0188. The quantitative estimate of drug-likeness (QED) is 0.525. The summed E-state index contributed by atoms with van der Waals surface area (Å²) in [6.45, 7) is 3.69. The lowest BCUT2D eigenvalue weighted by atomic mass is 10.0. The van der Waals surface area contributed by atoms with Crippen molar-refractivity contribution >= 4 is 22.5 Å². The summed E-state index contributed by atoms with van der Waals surface area (Å²) in [7, 11) is 0. The maximum absolute atomic E-state index is 14.0. The maximum Gasteiger partial charge on any atom is 0.263 e. The molecule has 0 saturated heterocycles. The summed E-state index contributed by atoms with van der Waals surface area (Å²) in [5.41, 5.74) is 7.46. The molecule has 0 unspecified atom stereocenters. The number of halogens is 1. The number of aryl methyl sites for hydroxylation is 1. The van der Waals surface area contributed by atoms with Crippen molar-refractivity contribution in [2.75, 3.05) is 11.1 Å². The second kappa shape index (κ2) is 7.88. The molecule has 2 aromatic carbocycles. The van der Waals surface area contributed by atoms with Crippen LogP contribution in [-0.4, -0.2) is 14.5 Å². The first kappa shape index (κ1) is 20.0. The van der Waals surface area contributed by atoms with Gasteiger partial charge in [-0.25, -0.2) is 9.37 Å². The zero-order valence-electron chi connectivity index (χ0n) is 16.9. The molecule has 0 radical (unpaired) electrons. The van der Waals surface area contributed by atoms with E-state index < -0.39 is 11.9 Å². The van der Waals surface area contributed by atoms with E-state index in [9.17, 15) is 14.4 Å². The second-order valence-electron chi connectivity index (χ2n) is 7.20. The van der Waals surface area contributed by atoms with Gasteiger partial charge in [0.25, 0.3) is 5.56 Å². The minimum Gasteiger partial charge on any atom is -0.368 e. The van der Waals surface area contributed by atoms with Crippen molar-refractivity contribution in [2.45, 2.75) is 19.9 Å². The summed E-state index contributed by atoms with van der Waals surface area (Å²) >= 11 is 0. The number of aromatic nitrogens is 3. The van der Waals surface area contributed by atoms with Crippen LogP contribution in [0.3, 0.4) is 0 Å². The van der Waals surface area contributed by atoms with Crippen molar-refractivity contribution in [3.63, 3.8) is 0 Å². The Labute approximate surface area is 177 Å². The number of anilines is 2. The average Bonchev–Trinajstić information content (AvgIpc) is 2.73. The third kappa shape index (κ3) is 3.69. The molecule has 0 spiro atoms. The third-order valence-electron chi connectivity index (χ3n) is 5.07. The molecule has 4 aromatic rings. The Kier molecular flexibility index (Phi) is 5.09. The first-order valence-corrected chi connectivity index (χ1v) is 9.59. The molecule has 0 amide bonds. The van der Waals surface area contributed by atoms with Crippen LogP contribution in [0.15, 0.2) is 59.5 Å². The van der Waals surface area contributed by atoms with Gasteiger partial charge in [0.2, 0.25) is 5.95 Å². The number of nitrogen functional groups attached to an aromatic ring is 1. The number of nitriles is 1. The van der Waals surface area contributed by atoms with Gasteiger partial charge in [0.05, 0.1) is 23.3 Å². The van der Waals surface area contributed by atoms with Crippen LogP contribution in [-0.2, 0) is 0 Å². The van der Waals surface area contributed by atoms with E-state index in [4.69, 9.17) is 5.73 Å². The van der Waals surface area contributed by atoms with Crippen molar-refractivity contribution in [3.8, 4) is 11.8 Å². The number of fused-ring (bicyclic) bond motifs is 1.